The third kappa shape index (κ3) is 3.66. The molecular weight excluding hydrogens is 322 g/mol. The van der Waals surface area contributed by atoms with Crippen molar-refractivity contribution in [3.63, 3.8) is 0 Å². The molecule has 24 heavy (non-hydrogen) atoms. The molecule has 0 saturated carbocycles. The molecule has 1 aromatic heterocycles. The van der Waals surface area contributed by atoms with Gasteiger partial charge in [-0.1, -0.05) is 6.07 Å². The van der Waals surface area contributed by atoms with Crippen molar-refractivity contribution < 1.29 is 8.42 Å². The van der Waals surface area contributed by atoms with Crippen LogP contribution in [0, 0.1) is 0 Å². The van der Waals surface area contributed by atoms with Crippen LogP contribution >= 0.6 is 0 Å². The Morgan fingerprint density at radius 2 is 1.88 bits per heavy atom. The van der Waals surface area contributed by atoms with Crippen molar-refractivity contribution in [2.75, 3.05) is 33.7 Å². The Morgan fingerprint density at radius 1 is 1.17 bits per heavy atom. The molecule has 5 nitrogen and oxygen atoms in total. The second-order valence-electron chi connectivity index (χ2n) is 7.03. The third-order valence-corrected chi connectivity index (χ3v) is 6.62. The van der Waals surface area contributed by atoms with Crippen LogP contribution in [0.3, 0.4) is 0 Å². The van der Waals surface area contributed by atoms with Crippen LogP contribution in [0.25, 0.3) is 10.9 Å². The third-order valence-electron chi connectivity index (χ3n) is 4.77. The molecule has 132 valence electrons. The van der Waals surface area contributed by atoms with Gasteiger partial charge >= 0.3 is 0 Å². The summed E-state index contributed by atoms with van der Waals surface area (Å²) in [5.41, 5.74) is 3.32. The molecule has 2 heterocycles. The molecule has 6 heteroatoms. The zero-order valence-electron chi connectivity index (χ0n) is 14.8. The molecule has 1 saturated heterocycles. The highest BCUT2D eigenvalue weighted by molar-refractivity contribution is 7.88. The number of fused-ring (bicyclic) bond motifs is 1. The molecular formula is C18H27N3O2S. The van der Waals surface area contributed by atoms with Crippen molar-refractivity contribution in [2.24, 2.45) is 7.05 Å². The van der Waals surface area contributed by atoms with E-state index in [4.69, 9.17) is 0 Å². The van der Waals surface area contributed by atoms with Gasteiger partial charge < -0.3 is 9.47 Å². The molecule has 0 radical (unpaired) electrons. The Morgan fingerprint density at radius 3 is 2.54 bits per heavy atom. The van der Waals surface area contributed by atoms with E-state index in [2.05, 4.69) is 35.8 Å². The van der Waals surface area contributed by atoms with Gasteiger partial charge in [-0.15, -0.1) is 0 Å². The fourth-order valence-electron chi connectivity index (χ4n) is 3.42. The maximum atomic E-state index is 12.6. The lowest BCUT2D eigenvalue weighted by molar-refractivity contribution is 0.414. The minimum atomic E-state index is -3.20. The van der Waals surface area contributed by atoms with Gasteiger partial charge in [0.05, 0.1) is 5.75 Å². The van der Waals surface area contributed by atoms with Crippen LogP contribution in [0.4, 0.5) is 0 Å². The van der Waals surface area contributed by atoms with Crippen LogP contribution in [0.2, 0.25) is 0 Å². The first-order valence-corrected chi connectivity index (χ1v) is 10.2. The van der Waals surface area contributed by atoms with E-state index in [1.54, 1.807) is 4.31 Å². The summed E-state index contributed by atoms with van der Waals surface area (Å²) in [4.78, 5) is 2.17. The van der Waals surface area contributed by atoms with Crippen LogP contribution in [0.15, 0.2) is 24.4 Å². The summed E-state index contributed by atoms with van der Waals surface area (Å²) >= 11 is 0. The molecule has 0 bridgehead atoms. The fourth-order valence-corrected chi connectivity index (χ4v) is 5.02. The summed E-state index contributed by atoms with van der Waals surface area (Å²) in [6.07, 6.45) is 5.08. The van der Waals surface area contributed by atoms with E-state index >= 15 is 0 Å². The minimum Gasteiger partial charge on any atom is -0.350 e. The van der Waals surface area contributed by atoms with Crippen LogP contribution < -0.4 is 0 Å². The molecule has 0 aliphatic carbocycles. The molecule has 3 rings (SSSR count). The number of sulfonamides is 1. The molecule has 1 aliphatic rings. The molecule has 0 spiro atoms. The highest BCUT2D eigenvalue weighted by Crippen LogP contribution is 2.25. The van der Waals surface area contributed by atoms with Crippen molar-refractivity contribution >= 4 is 20.9 Å². The Bertz CT molecular complexity index is 818. The number of likely N-dealkylation sites (N-methyl/N-ethyl adjacent to an activating group) is 1. The number of benzene rings is 1. The summed E-state index contributed by atoms with van der Waals surface area (Å²) in [6, 6.07) is 6.06. The highest BCUT2D eigenvalue weighted by Gasteiger charge is 2.25. The van der Waals surface area contributed by atoms with E-state index in [1.165, 1.54) is 10.9 Å². The maximum Gasteiger partial charge on any atom is 0.218 e. The Balaban J connectivity index is 1.88. The number of hydrogen-bond acceptors (Lipinski definition) is 3. The lowest BCUT2D eigenvalue weighted by Crippen LogP contribution is -2.29. The Hall–Kier alpha value is -1.37. The number of aryl methyl sites for hydroxylation is 1. The van der Waals surface area contributed by atoms with Crippen molar-refractivity contribution in [1.82, 2.24) is 13.8 Å². The zero-order valence-corrected chi connectivity index (χ0v) is 15.6. The maximum absolute atomic E-state index is 12.6. The standard InChI is InChI=1S/C18H27N3O2S/c1-19(2)11-8-16-13-20(3)18-7-6-15(12-17(16)18)14-24(22,23)21-9-4-5-10-21/h6-7,12-13H,4-5,8-11,14H2,1-3H3. The summed E-state index contributed by atoms with van der Waals surface area (Å²) in [6.45, 7) is 2.32. The van der Waals surface area contributed by atoms with Gasteiger partial charge in [-0.3, -0.25) is 0 Å². The van der Waals surface area contributed by atoms with E-state index < -0.39 is 10.0 Å². The van der Waals surface area contributed by atoms with E-state index in [-0.39, 0.29) is 5.75 Å². The molecule has 1 fully saturated rings. The second-order valence-corrected chi connectivity index (χ2v) is 9.00. The van der Waals surface area contributed by atoms with Crippen molar-refractivity contribution in [2.45, 2.75) is 25.0 Å². The Kier molecular flexibility index (Phi) is 4.99. The SMILES string of the molecule is CN(C)CCc1cn(C)c2ccc(CS(=O)(=O)N3CCCC3)cc12. The largest absolute Gasteiger partial charge is 0.350 e. The highest BCUT2D eigenvalue weighted by atomic mass is 32.2. The normalized spacial score (nSPS) is 16.5. The van der Waals surface area contributed by atoms with Crippen LogP contribution in [0.5, 0.6) is 0 Å². The number of hydrogen-bond donors (Lipinski definition) is 0. The summed E-state index contributed by atoms with van der Waals surface area (Å²) < 4.78 is 28.9. The average Bonchev–Trinajstić information content (AvgIpc) is 3.14. The van der Waals surface area contributed by atoms with E-state index in [0.717, 1.165) is 36.9 Å². The predicted octanol–water partition coefficient (Wildman–Crippen LogP) is 2.21. The summed E-state index contributed by atoms with van der Waals surface area (Å²) in [7, 11) is 2.99. The second kappa shape index (κ2) is 6.86. The number of rotatable bonds is 6. The monoisotopic (exact) mass is 349 g/mol. The summed E-state index contributed by atoms with van der Waals surface area (Å²) in [5.74, 6) is 0.102. The van der Waals surface area contributed by atoms with Gasteiger partial charge in [0.15, 0.2) is 0 Å². The van der Waals surface area contributed by atoms with Crippen LogP contribution in [0.1, 0.15) is 24.0 Å². The zero-order chi connectivity index (χ0) is 17.3. The first kappa shape index (κ1) is 17.5. The Labute approximate surface area is 144 Å². The van der Waals surface area contributed by atoms with E-state index in [1.807, 2.05) is 19.2 Å². The van der Waals surface area contributed by atoms with Gasteiger partial charge in [-0.2, -0.15) is 0 Å². The van der Waals surface area contributed by atoms with E-state index in [9.17, 15) is 8.42 Å². The smallest absolute Gasteiger partial charge is 0.218 e. The van der Waals surface area contributed by atoms with Crippen LogP contribution in [-0.2, 0) is 29.2 Å². The van der Waals surface area contributed by atoms with Gasteiger partial charge in [-0.05, 0) is 56.6 Å². The molecule has 1 aromatic carbocycles. The van der Waals surface area contributed by atoms with Gasteiger partial charge in [0.2, 0.25) is 10.0 Å². The van der Waals surface area contributed by atoms with Gasteiger partial charge in [0.25, 0.3) is 0 Å². The van der Waals surface area contributed by atoms with Crippen LogP contribution in [-0.4, -0.2) is 55.9 Å². The van der Waals surface area contributed by atoms with E-state index in [0.29, 0.717) is 13.1 Å². The number of aromatic nitrogens is 1. The first-order valence-electron chi connectivity index (χ1n) is 8.56. The first-order chi connectivity index (χ1) is 11.4. The van der Waals surface area contributed by atoms with Gasteiger partial charge in [-0.25, -0.2) is 12.7 Å². The predicted molar refractivity (Wildman–Crippen MR) is 98.6 cm³/mol. The van der Waals surface area contributed by atoms with Gasteiger partial charge in [0.1, 0.15) is 0 Å². The van der Waals surface area contributed by atoms with Gasteiger partial charge in [0, 0.05) is 43.8 Å². The van der Waals surface area contributed by atoms with Crippen molar-refractivity contribution in [3.05, 3.63) is 35.5 Å². The topological polar surface area (TPSA) is 45.6 Å². The molecule has 0 amide bonds. The van der Waals surface area contributed by atoms with Crippen molar-refractivity contribution in [1.29, 1.82) is 0 Å². The molecule has 1 aliphatic heterocycles. The van der Waals surface area contributed by atoms with Crippen molar-refractivity contribution in [3.8, 4) is 0 Å². The molecule has 0 unspecified atom stereocenters. The molecule has 2 aromatic rings. The molecule has 0 N–H and O–H groups in total. The average molecular weight is 350 g/mol. The molecule has 0 atom stereocenters. The lowest BCUT2D eigenvalue weighted by atomic mass is 10.1. The quantitative estimate of drug-likeness (QED) is 0.803. The summed E-state index contributed by atoms with van der Waals surface area (Å²) in [5, 5.41) is 1.17. The fraction of sp³-hybridized carbons (Fsp3) is 0.556. The lowest BCUT2D eigenvalue weighted by Gasteiger charge is -2.15. The number of nitrogens with zero attached hydrogens (tertiary/aromatic N) is 3. The minimum absolute atomic E-state index is 0.102.